The molecule has 0 aromatic carbocycles. The summed E-state index contributed by atoms with van der Waals surface area (Å²) in [6.45, 7) is 3.85. The molecule has 1 rings (SSSR count). The van der Waals surface area contributed by atoms with E-state index in [0.29, 0.717) is 6.54 Å². The van der Waals surface area contributed by atoms with Gasteiger partial charge >= 0.3 is 5.97 Å². The number of carboxylic acid groups (broad SMARTS) is 1. The van der Waals surface area contributed by atoms with Crippen LogP contribution in [0.3, 0.4) is 0 Å². The van der Waals surface area contributed by atoms with E-state index in [1.165, 1.54) is 7.05 Å². The molecule has 0 spiro atoms. The number of hydrogen-bond donors (Lipinski definition) is 1. The molecule has 2 amide bonds. The van der Waals surface area contributed by atoms with Gasteiger partial charge in [-0.25, -0.2) is 0 Å². The van der Waals surface area contributed by atoms with Crippen molar-refractivity contribution in [3.05, 3.63) is 0 Å². The van der Waals surface area contributed by atoms with Gasteiger partial charge in [-0.2, -0.15) is 0 Å². The monoisotopic (exact) mass is 242 g/mol. The van der Waals surface area contributed by atoms with Crippen LogP contribution in [0, 0.1) is 5.92 Å². The SMILES string of the molecule is CC(C)N1CC(C(=O)N(C)CC(=O)O)CC1=O. The summed E-state index contributed by atoms with van der Waals surface area (Å²) in [4.78, 5) is 36.8. The standard InChI is InChI=1S/C11H18N2O4/c1-7(2)13-5-8(4-9(13)14)11(17)12(3)6-10(15)16/h7-8H,4-6H2,1-3H3,(H,15,16). The minimum Gasteiger partial charge on any atom is -0.480 e. The second-order valence-corrected chi connectivity index (χ2v) is 4.63. The zero-order chi connectivity index (χ0) is 13.2. The van der Waals surface area contributed by atoms with Crippen LogP contribution in [0.2, 0.25) is 0 Å². The highest BCUT2D eigenvalue weighted by atomic mass is 16.4. The van der Waals surface area contributed by atoms with Crippen molar-refractivity contribution in [3.63, 3.8) is 0 Å². The molecule has 0 bridgehead atoms. The van der Waals surface area contributed by atoms with Gasteiger partial charge in [-0.1, -0.05) is 0 Å². The van der Waals surface area contributed by atoms with Crippen LogP contribution in [0.15, 0.2) is 0 Å². The Morgan fingerprint density at radius 3 is 2.53 bits per heavy atom. The molecule has 0 aromatic heterocycles. The molecule has 6 nitrogen and oxygen atoms in total. The van der Waals surface area contributed by atoms with Crippen molar-refractivity contribution in [2.24, 2.45) is 5.92 Å². The van der Waals surface area contributed by atoms with Gasteiger partial charge in [0.2, 0.25) is 11.8 Å². The van der Waals surface area contributed by atoms with E-state index in [9.17, 15) is 14.4 Å². The van der Waals surface area contributed by atoms with E-state index in [-0.39, 0.29) is 30.8 Å². The Morgan fingerprint density at radius 1 is 1.53 bits per heavy atom. The first-order chi connectivity index (χ1) is 7.82. The Morgan fingerprint density at radius 2 is 2.12 bits per heavy atom. The predicted octanol–water partition coefficient (Wildman–Crippen LogP) is -0.214. The Balaban J connectivity index is 2.61. The number of likely N-dealkylation sites (N-methyl/N-ethyl adjacent to an activating group) is 1. The number of likely N-dealkylation sites (tertiary alicyclic amines) is 1. The zero-order valence-corrected chi connectivity index (χ0v) is 10.3. The van der Waals surface area contributed by atoms with Crippen LogP contribution in [0.5, 0.6) is 0 Å². The number of amides is 2. The predicted molar refractivity (Wildman–Crippen MR) is 60.2 cm³/mol. The molecule has 1 unspecified atom stereocenters. The Kier molecular flexibility index (Phi) is 4.09. The van der Waals surface area contributed by atoms with Gasteiger partial charge in [0, 0.05) is 26.1 Å². The first-order valence-corrected chi connectivity index (χ1v) is 5.59. The number of carboxylic acids is 1. The lowest BCUT2D eigenvalue weighted by Gasteiger charge is -2.22. The Labute approximate surface area is 100 Å². The van der Waals surface area contributed by atoms with Crippen LogP contribution in [0.4, 0.5) is 0 Å². The minimum absolute atomic E-state index is 0.0397. The van der Waals surface area contributed by atoms with Crippen molar-refractivity contribution in [1.29, 1.82) is 0 Å². The first-order valence-electron chi connectivity index (χ1n) is 5.59. The van der Waals surface area contributed by atoms with Gasteiger partial charge in [-0.05, 0) is 13.8 Å². The van der Waals surface area contributed by atoms with Crippen LogP contribution in [-0.4, -0.2) is 58.9 Å². The normalized spacial score (nSPS) is 19.9. The highest BCUT2D eigenvalue weighted by molar-refractivity contribution is 5.90. The first kappa shape index (κ1) is 13.5. The van der Waals surface area contributed by atoms with Crippen molar-refractivity contribution < 1.29 is 19.5 Å². The largest absolute Gasteiger partial charge is 0.480 e. The van der Waals surface area contributed by atoms with E-state index in [2.05, 4.69) is 0 Å². The minimum atomic E-state index is -1.05. The average molecular weight is 242 g/mol. The summed E-state index contributed by atoms with van der Waals surface area (Å²) in [7, 11) is 1.44. The Hall–Kier alpha value is -1.59. The maximum atomic E-state index is 11.9. The summed E-state index contributed by atoms with van der Waals surface area (Å²) < 4.78 is 0. The molecule has 1 aliphatic heterocycles. The van der Waals surface area contributed by atoms with E-state index in [1.807, 2.05) is 13.8 Å². The summed E-state index contributed by atoms with van der Waals surface area (Å²) in [6.07, 6.45) is 0.182. The number of hydrogen-bond acceptors (Lipinski definition) is 3. The zero-order valence-electron chi connectivity index (χ0n) is 10.3. The van der Waals surface area contributed by atoms with Crippen LogP contribution in [0.1, 0.15) is 20.3 Å². The second-order valence-electron chi connectivity index (χ2n) is 4.63. The summed E-state index contributed by atoms with van der Waals surface area (Å²) in [5.41, 5.74) is 0. The molecule has 0 radical (unpaired) electrons. The molecule has 0 saturated carbocycles. The van der Waals surface area contributed by atoms with Gasteiger partial charge in [0.15, 0.2) is 0 Å². The smallest absolute Gasteiger partial charge is 0.323 e. The van der Waals surface area contributed by atoms with Crippen molar-refractivity contribution in [2.75, 3.05) is 20.1 Å². The molecule has 1 heterocycles. The highest BCUT2D eigenvalue weighted by Crippen LogP contribution is 2.21. The molecular weight excluding hydrogens is 224 g/mol. The van der Waals surface area contributed by atoms with E-state index in [0.717, 1.165) is 4.90 Å². The molecule has 1 atom stereocenters. The quantitative estimate of drug-likeness (QED) is 0.739. The Bertz CT molecular complexity index is 340. The van der Waals surface area contributed by atoms with Gasteiger partial charge < -0.3 is 14.9 Å². The van der Waals surface area contributed by atoms with Crippen molar-refractivity contribution in [3.8, 4) is 0 Å². The summed E-state index contributed by atoms with van der Waals surface area (Å²) in [5.74, 6) is -1.77. The van der Waals surface area contributed by atoms with Crippen LogP contribution >= 0.6 is 0 Å². The fraction of sp³-hybridized carbons (Fsp3) is 0.727. The van der Waals surface area contributed by atoms with E-state index < -0.39 is 11.9 Å². The van der Waals surface area contributed by atoms with Crippen molar-refractivity contribution in [1.82, 2.24) is 9.80 Å². The molecule has 96 valence electrons. The molecule has 0 aliphatic carbocycles. The fourth-order valence-electron chi connectivity index (χ4n) is 1.99. The van der Waals surface area contributed by atoms with Gasteiger partial charge in [0.25, 0.3) is 0 Å². The van der Waals surface area contributed by atoms with Gasteiger partial charge in [-0.3, -0.25) is 14.4 Å². The number of nitrogens with zero attached hydrogens (tertiary/aromatic N) is 2. The number of carbonyl (C=O) groups excluding carboxylic acids is 2. The molecule has 1 aliphatic rings. The molecule has 0 aromatic rings. The summed E-state index contributed by atoms with van der Waals surface area (Å²) >= 11 is 0. The summed E-state index contributed by atoms with van der Waals surface area (Å²) in [5, 5.41) is 8.60. The molecule has 17 heavy (non-hydrogen) atoms. The molecular formula is C11H18N2O4. The number of rotatable bonds is 4. The maximum absolute atomic E-state index is 11.9. The van der Waals surface area contributed by atoms with E-state index in [4.69, 9.17) is 5.11 Å². The molecule has 1 N–H and O–H groups in total. The average Bonchev–Trinajstić information content (AvgIpc) is 2.58. The van der Waals surface area contributed by atoms with Crippen molar-refractivity contribution in [2.45, 2.75) is 26.3 Å². The van der Waals surface area contributed by atoms with Gasteiger partial charge in [-0.15, -0.1) is 0 Å². The third-order valence-corrected chi connectivity index (χ3v) is 2.88. The highest BCUT2D eigenvalue weighted by Gasteiger charge is 2.36. The number of carbonyl (C=O) groups is 3. The third kappa shape index (κ3) is 3.18. The summed E-state index contributed by atoms with van der Waals surface area (Å²) in [6, 6.07) is 0.0741. The molecule has 1 fully saturated rings. The molecule has 1 saturated heterocycles. The maximum Gasteiger partial charge on any atom is 0.323 e. The number of aliphatic carboxylic acids is 1. The third-order valence-electron chi connectivity index (χ3n) is 2.88. The van der Waals surface area contributed by atoms with Crippen molar-refractivity contribution >= 4 is 17.8 Å². The van der Waals surface area contributed by atoms with Gasteiger partial charge in [0.1, 0.15) is 6.54 Å². The van der Waals surface area contributed by atoms with Crippen LogP contribution < -0.4 is 0 Å². The van der Waals surface area contributed by atoms with E-state index >= 15 is 0 Å². The topological polar surface area (TPSA) is 77.9 Å². The van der Waals surface area contributed by atoms with Crippen LogP contribution in [-0.2, 0) is 14.4 Å². The van der Waals surface area contributed by atoms with E-state index in [1.54, 1.807) is 4.90 Å². The lowest BCUT2D eigenvalue weighted by molar-refractivity contribution is -0.145. The second kappa shape index (κ2) is 5.16. The van der Waals surface area contributed by atoms with Gasteiger partial charge in [0.05, 0.1) is 5.92 Å². The lowest BCUT2D eigenvalue weighted by atomic mass is 10.1. The fourth-order valence-corrected chi connectivity index (χ4v) is 1.99. The lowest BCUT2D eigenvalue weighted by Crippen LogP contribution is -2.38. The molecule has 6 heteroatoms. The van der Waals surface area contributed by atoms with Crippen LogP contribution in [0.25, 0.3) is 0 Å².